The van der Waals surface area contributed by atoms with Gasteiger partial charge in [-0.3, -0.25) is 9.10 Å². The first-order valence-corrected chi connectivity index (χ1v) is 13.6. The van der Waals surface area contributed by atoms with E-state index in [4.69, 9.17) is 34.8 Å². The van der Waals surface area contributed by atoms with Crippen molar-refractivity contribution < 1.29 is 13.2 Å². The number of nitrogens with zero attached hydrogens (tertiary/aromatic N) is 1. The minimum Gasteiger partial charge on any atom is -0.354 e. The monoisotopic (exact) mass is 542 g/mol. The minimum atomic E-state index is -3.97. The van der Waals surface area contributed by atoms with Gasteiger partial charge in [0.15, 0.2) is 0 Å². The molecule has 0 radical (unpaired) electrons. The van der Waals surface area contributed by atoms with Gasteiger partial charge in [-0.2, -0.15) is 11.8 Å². The Kier molecular flexibility index (Phi) is 9.35. The van der Waals surface area contributed by atoms with Gasteiger partial charge in [-0.15, -0.1) is 0 Å². The van der Waals surface area contributed by atoms with Gasteiger partial charge in [-0.1, -0.05) is 65.1 Å². The largest absolute Gasteiger partial charge is 0.354 e. The van der Waals surface area contributed by atoms with Gasteiger partial charge < -0.3 is 5.32 Å². The average Bonchev–Trinajstić information content (AvgIpc) is 2.79. The molecule has 3 rings (SSSR count). The Morgan fingerprint density at radius 1 is 0.909 bits per heavy atom. The number of nitrogens with one attached hydrogen (secondary N) is 1. The zero-order chi connectivity index (χ0) is 23.8. The molecule has 0 saturated carbocycles. The van der Waals surface area contributed by atoms with Crippen LogP contribution in [0.25, 0.3) is 0 Å². The molecular weight excluding hydrogens is 523 g/mol. The maximum Gasteiger partial charge on any atom is 0.264 e. The highest BCUT2D eigenvalue weighted by molar-refractivity contribution is 7.98. The molecular formula is C23H21Cl3N2O3S2. The SMILES string of the molecule is O=C(CN(c1cccc(Cl)c1)S(=O)(=O)c1ccccc1)NCCSCc1c(Cl)cccc1Cl. The third-order valence-corrected chi connectivity index (χ3v) is 8.31. The van der Waals surface area contributed by atoms with Crippen LogP contribution in [0.2, 0.25) is 15.1 Å². The number of amides is 1. The summed E-state index contributed by atoms with van der Waals surface area (Å²) in [6, 6.07) is 19.7. The minimum absolute atomic E-state index is 0.0879. The van der Waals surface area contributed by atoms with E-state index < -0.39 is 15.9 Å². The highest BCUT2D eigenvalue weighted by Crippen LogP contribution is 2.28. The molecule has 0 aliphatic carbocycles. The van der Waals surface area contributed by atoms with Gasteiger partial charge in [0.05, 0.1) is 10.6 Å². The normalized spacial score (nSPS) is 11.2. The maximum absolute atomic E-state index is 13.3. The van der Waals surface area contributed by atoms with Crippen molar-refractivity contribution in [3.8, 4) is 0 Å². The molecule has 0 aromatic heterocycles. The summed E-state index contributed by atoms with van der Waals surface area (Å²) in [6.07, 6.45) is 0. The van der Waals surface area contributed by atoms with Crippen molar-refractivity contribution in [3.05, 3.63) is 93.4 Å². The van der Waals surface area contributed by atoms with Gasteiger partial charge in [0.2, 0.25) is 5.91 Å². The van der Waals surface area contributed by atoms with Crippen LogP contribution in [0.5, 0.6) is 0 Å². The Morgan fingerprint density at radius 3 is 2.24 bits per heavy atom. The Labute approximate surface area is 213 Å². The van der Waals surface area contributed by atoms with Gasteiger partial charge in [-0.05, 0) is 48.0 Å². The van der Waals surface area contributed by atoms with Crippen LogP contribution in [-0.4, -0.2) is 33.2 Å². The summed E-state index contributed by atoms with van der Waals surface area (Å²) in [5.41, 5.74) is 1.16. The summed E-state index contributed by atoms with van der Waals surface area (Å²) < 4.78 is 27.6. The van der Waals surface area contributed by atoms with Gasteiger partial charge in [0, 0.05) is 33.1 Å². The van der Waals surface area contributed by atoms with Crippen molar-refractivity contribution in [3.63, 3.8) is 0 Å². The van der Waals surface area contributed by atoms with Crippen molar-refractivity contribution in [2.24, 2.45) is 0 Å². The fourth-order valence-corrected chi connectivity index (χ4v) is 6.17. The zero-order valence-corrected chi connectivity index (χ0v) is 21.3. The van der Waals surface area contributed by atoms with Gasteiger partial charge in [-0.25, -0.2) is 8.42 Å². The molecule has 3 aromatic rings. The zero-order valence-electron chi connectivity index (χ0n) is 17.4. The smallest absolute Gasteiger partial charge is 0.264 e. The molecule has 33 heavy (non-hydrogen) atoms. The van der Waals surface area contributed by atoms with Gasteiger partial charge in [0.1, 0.15) is 6.54 Å². The van der Waals surface area contributed by atoms with E-state index in [1.807, 2.05) is 0 Å². The first-order valence-electron chi connectivity index (χ1n) is 9.90. The molecule has 10 heteroatoms. The van der Waals surface area contributed by atoms with Crippen LogP contribution < -0.4 is 9.62 Å². The first-order chi connectivity index (χ1) is 15.8. The summed E-state index contributed by atoms with van der Waals surface area (Å²) in [4.78, 5) is 12.7. The van der Waals surface area contributed by atoms with Crippen molar-refractivity contribution in [1.82, 2.24) is 5.32 Å². The van der Waals surface area contributed by atoms with Crippen LogP contribution in [0.15, 0.2) is 77.7 Å². The molecule has 0 heterocycles. The summed E-state index contributed by atoms with van der Waals surface area (Å²) in [5.74, 6) is 0.784. The second-order valence-electron chi connectivity index (χ2n) is 6.91. The number of hydrogen-bond donors (Lipinski definition) is 1. The number of sulfonamides is 1. The Bertz CT molecular complexity index is 1190. The van der Waals surface area contributed by atoms with E-state index in [1.54, 1.807) is 66.4 Å². The van der Waals surface area contributed by atoms with E-state index in [9.17, 15) is 13.2 Å². The van der Waals surface area contributed by atoms with E-state index in [0.717, 1.165) is 9.87 Å². The fourth-order valence-electron chi connectivity index (χ4n) is 2.96. The number of anilines is 1. The lowest BCUT2D eigenvalue weighted by Gasteiger charge is -2.24. The van der Waals surface area contributed by atoms with Crippen LogP contribution in [0, 0.1) is 0 Å². The van der Waals surface area contributed by atoms with E-state index in [1.165, 1.54) is 18.2 Å². The molecule has 174 valence electrons. The Balaban J connectivity index is 1.63. The lowest BCUT2D eigenvalue weighted by atomic mass is 10.2. The predicted molar refractivity (Wildman–Crippen MR) is 138 cm³/mol. The molecule has 0 aliphatic rings. The summed E-state index contributed by atoms with van der Waals surface area (Å²) in [7, 11) is -3.97. The van der Waals surface area contributed by atoms with Crippen molar-refractivity contribution >= 4 is 68.2 Å². The van der Waals surface area contributed by atoms with Gasteiger partial charge in [0.25, 0.3) is 10.0 Å². The highest BCUT2D eigenvalue weighted by atomic mass is 35.5. The number of carbonyl (C=O) groups excluding carboxylic acids is 1. The standard InChI is InChI=1S/C23H21Cl3N2O3S2/c24-17-6-4-7-18(14-17)28(33(30,31)19-8-2-1-3-9-19)15-23(29)27-12-13-32-16-20-21(25)10-5-11-22(20)26/h1-11,14H,12-13,15-16H2,(H,27,29). The first kappa shape index (κ1) is 25.7. The molecule has 1 N–H and O–H groups in total. The predicted octanol–water partition coefficient (Wildman–Crippen LogP) is 5.89. The second-order valence-corrected chi connectivity index (χ2v) is 11.1. The maximum atomic E-state index is 13.3. The number of carbonyl (C=O) groups is 1. The average molecular weight is 544 g/mol. The third-order valence-electron chi connectivity index (χ3n) is 4.59. The second kappa shape index (κ2) is 12.0. The van der Waals surface area contributed by atoms with Crippen LogP contribution in [0.3, 0.4) is 0 Å². The number of halogens is 3. The quantitative estimate of drug-likeness (QED) is 0.324. The van der Waals surface area contributed by atoms with Crippen LogP contribution in [0.4, 0.5) is 5.69 Å². The van der Waals surface area contributed by atoms with Crippen LogP contribution >= 0.6 is 46.6 Å². The molecule has 3 aromatic carbocycles. The van der Waals surface area contributed by atoms with E-state index >= 15 is 0 Å². The molecule has 0 aliphatic heterocycles. The molecule has 0 saturated heterocycles. The van der Waals surface area contributed by atoms with E-state index in [0.29, 0.717) is 38.8 Å². The van der Waals surface area contributed by atoms with Crippen molar-refractivity contribution in [2.75, 3.05) is 23.1 Å². The van der Waals surface area contributed by atoms with Gasteiger partial charge >= 0.3 is 0 Å². The Hall–Kier alpha value is -1.90. The lowest BCUT2D eigenvalue weighted by Crippen LogP contribution is -2.41. The molecule has 0 atom stereocenters. The Morgan fingerprint density at radius 2 is 1.58 bits per heavy atom. The summed E-state index contributed by atoms with van der Waals surface area (Å²) >= 11 is 20.0. The highest BCUT2D eigenvalue weighted by Gasteiger charge is 2.27. The molecule has 0 spiro atoms. The number of benzene rings is 3. The molecule has 0 bridgehead atoms. The molecule has 1 amide bonds. The van der Waals surface area contributed by atoms with Crippen LogP contribution in [-0.2, 0) is 20.6 Å². The summed E-state index contributed by atoms with van der Waals surface area (Å²) in [5, 5.41) is 4.34. The topological polar surface area (TPSA) is 66.5 Å². The lowest BCUT2D eigenvalue weighted by molar-refractivity contribution is -0.119. The molecule has 5 nitrogen and oxygen atoms in total. The number of hydrogen-bond acceptors (Lipinski definition) is 4. The van der Waals surface area contributed by atoms with E-state index in [2.05, 4.69) is 5.32 Å². The third kappa shape index (κ3) is 7.04. The molecule has 0 fully saturated rings. The molecule has 0 unspecified atom stereocenters. The van der Waals surface area contributed by atoms with Crippen LogP contribution in [0.1, 0.15) is 5.56 Å². The van der Waals surface area contributed by atoms with Crippen molar-refractivity contribution in [1.29, 1.82) is 0 Å². The fraction of sp³-hybridized carbons (Fsp3) is 0.174. The number of rotatable bonds is 10. The van der Waals surface area contributed by atoms with E-state index in [-0.39, 0.29) is 11.4 Å². The number of thioether (sulfide) groups is 1. The summed E-state index contributed by atoms with van der Waals surface area (Å²) in [6.45, 7) is -0.0150. The van der Waals surface area contributed by atoms with Crippen molar-refractivity contribution in [2.45, 2.75) is 10.6 Å².